The van der Waals surface area contributed by atoms with E-state index in [1.165, 1.54) is 0 Å². The average Bonchev–Trinajstić information content (AvgIpc) is 3.73. The predicted octanol–water partition coefficient (Wildman–Crippen LogP) is 3.06. The van der Waals surface area contributed by atoms with Crippen molar-refractivity contribution in [2.45, 2.75) is 71.0 Å². The lowest BCUT2D eigenvalue weighted by Crippen LogP contribution is -2.34. The van der Waals surface area contributed by atoms with Gasteiger partial charge < -0.3 is 59.2 Å². The Hall–Kier alpha value is -4.86. The Morgan fingerprint density at radius 3 is 1.92 bits per heavy atom. The van der Waals surface area contributed by atoms with Gasteiger partial charge in [0.15, 0.2) is 0 Å². The molecule has 0 saturated carbocycles. The quantitative estimate of drug-likeness (QED) is 0.0570. The lowest BCUT2D eigenvalue weighted by atomic mass is 9.95. The van der Waals surface area contributed by atoms with Gasteiger partial charge in [0.25, 0.3) is 0 Å². The average molecular weight is 912 g/mol. The summed E-state index contributed by atoms with van der Waals surface area (Å²) in [6.07, 6.45) is 4.01. The number of unbranched alkanes of at least 4 members (excludes halogenated alkanes) is 2. The van der Waals surface area contributed by atoms with Crippen molar-refractivity contribution in [2.75, 3.05) is 118 Å². The number of anilines is 1. The molecule has 4 rings (SSSR count). The molecule has 360 valence electrons. The summed E-state index contributed by atoms with van der Waals surface area (Å²) in [5, 5.41) is 14.5. The largest absolute Gasteiger partial charge is 0.462 e. The van der Waals surface area contributed by atoms with E-state index < -0.39 is 12.0 Å². The Kier molecular flexibility index (Phi) is 25.9. The van der Waals surface area contributed by atoms with Crippen molar-refractivity contribution in [2.24, 2.45) is 5.73 Å². The number of para-hydroxylation sites is 1. The molecule has 0 saturated heterocycles. The Bertz CT molecular complexity index is 1850. The summed E-state index contributed by atoms with van der Waals surface area (Å²) in [6.45, 7) is 8.50. The van der Waals surface area contributed by atoms with Crippen molar-refractivity contribution in [3.8, 4) is 22.5 Å². The van der Waals surface area contributed by atoms with Gasteiger partial charge in [0.1, 0.15) is 18.3 Å². The molecule has 4 N–H and O–H groups in total. The van der Waals surface area contributed by atoms with Gasteiger partial charge in [-0.25, -0.2) is 4.68 Å². The van der Waals surface area contributed by atoms with Crippen LogP contribution in [0.1, 0.15) is 57.4 Å². The third kappa shape index (κ3) is 19.6. The number of rotatable bonds is 35. The molecule has 1 aliphatic rings. The van der Waals surface area contributed by atoms with Crippen molar-refractivity contribution in [3.63, 3.8) is 0 Å². The zero-order valence-corrected chi connectivity index (χ0v) is 38.1. The van der Waals surface area contributed by atoms with Crippen LogP contribution in [0, 0.1) is 0 Å². The zero-order chi connectivity index (χ0) is 46.3. The molecule has 19 nitrogen and oxygen atoms in total. The molecular weight excluding hydrogens is 843 g/mol. The molecule has 19 heteroatoms. The smallest absolute Gasteiger partial charge is 0.322 e. The van der Waals surface area contributed by atoms with Crippen LogP contribution in [0.5, 0.6) is 0 Å². The summed E-state index contributed by atoms with van der Waals surface area (Å²) in [5.74, 6) is -0.890. The first-order valence-electron chi connectivity index (χ1n) is 22.7. The van der Waals surface area contributed by atoms with Gasteiger partial charge in [-0.05, 0) is 18.1 Å². The zero-order valence-electron chi connectivity index (χ0n) is 38.1. The first-order valence-corrected chi connectivity index (χ1v) is 22.7. The summed E-state index contributed by atoms with van der Waals surface area (Å²) in [5.41, 5.74) is 10.6. The highest BCUT2D eigenvalue weighted by Gasteiger charge is 2.29. The Balaban J connectivity index is 1.13. The van der Waals surface area contributed by atoms with E-state index in [1.54, 1.807) is 11.9 Å². The van der Waals surface area contributed by atoms with Gasteiger partial charge >= 0.3 is 5.97 Å². The Morgan fingerprint density at radius 1 is 0.677 bits per heavy atom. The van der Waals surface area contributed by atoms with Crippen LogP contribution in [0.4, 0.5) is 5.69 Å². The van der Waals surface area contributed by atoms with Crippen LogP contribution in [-0.2, 0) is 70.2 Å². The van der Waals surface area contributed by atoms with Crippen molar-refractivity contribution >= 4 is 29.4 Å². The Labute approximate surface area is 382 Å². The fraction of sp³-hybridized carbons (Fsp3) is 0.609. The molecular formula is C46H69N7O12. The second kappa shape index (κ2) is 31.9. The molecule has 0 unspecified atom stereocenters. The molecule has 1 atom stereocenters. The third-order valence-electron chi connectivity index (χ3n) is 10.2. The van der Waals surface area contributed by atoms with Crippen molar-refractivity contribution in [1.29, 1.82) is 0 Å². The molecule has 0 bridgehead atoms. The number of esters is 1. The molecule has 2 aromatic carbocycles. The highest BCUT2D eigenvalue weighted by atomic mass is 16.6. The minimum Gasteiger partial charge on any atom is -0.462 e. The fourth-order valence-corrected chi connectivity index (χ4v) is 6.69. The van der Waals surface area contributed by atoms with Crippen LogP contribution < -0.4 is 21.3 Å². The van der Waals surface area contributed by atoms with Gasteiger partial charge in [0, 0.05) is 44.0 Å². The van der Waals surface area contributed by atoms with Gasteiger partial charge in [-0.1, -0.05) is 73.9 Å². The number of nitrogens with one attached hydrogen (secondary N) is 2. The lowest BCUT2D eigenvalue weighted by molar-refractivity contribution is -0.147. The standard InChI is InChI=1S/C46H69N7O12/c1-3-4-5-13-39(47)46(57)65-34-33-64-32-31-63-28-25-60-22-19-53-45-37-11-7-6-10-36(37)35-52(40-14-9-8-12-38(40)44(45)50-51-53)43(56)16-15-42(55)49-18-21-59-24-27-62-30-29-61-26-23-58-20-17-41(54)48-2/h6-12,14,39H,3-5,13,15-35,47H2,1-2H3,(H,48,54)(H,49,55)/t39-/m0/s1. The number of carbonyl (C=O) groups is 4. The maximum atomic E-state index is 13.9. The molecule has 3 aromatic rings. The predicted molar refractivity (Wildman–Crippen MR) is 242 cm³/mol. The monoisotopic (exact) mass is 912 g/mol. The van der Waals surface area contributed by atoms with Crippen molar-refractivity contribution in [3.05, 3.63) is 54.1 Å². The molecule has 1 aliphatic heterocycles. The number of hydrogen-bond donors (Lipinski definition) is 3. The second-order valence-corrected chi connectivity index (χ2v) is 15.0. The fourth-order valence-electron chi connectivity index (χ4n) is 6.69. The van der Waals surface area contributed by atoms with Gasteiger partial charge in [-0.15, -0.1) is 5.10 Å². The van der Waals surface area contributed by atoms with E-state index in [9.17, 15) is 19.2 Å². The van der Waals surface area contributed by atoms with Crippen LogP contribution >= 0.6 is 0 Å². The minimum absolute atomic E-state index is 0.0148. The molecule has 0 fully saturated rings. The van der Waals surface area contributed by atoms with E-state index in [4.69, 9.17) is 43.6 Å². The molecule has 3 amide bonds. The molecule has 1 aromatic heterocycles. The summed E-state index contributed by atoms with van der Waals surface area (Å²) in [6, 6.07) is 14.9. The van der Waals surface area contributed by atoms with Crippen LogP contribution in [-0.4, -0.2) is 157 Å². The third-order valence-corrected chi connectivity index (χ3v) is 10.2. The van der Waals surface area contributed by atoms with Crippen LogP contribution in [0.25, 0.3) is 22.5 Å². The van der Waals surface area contributed by atoms with E-state index in [0.29, 0.717) is 130 Å². The molecule has 2 heterocycles. The SMILES string of the molecule is CCCCC[C@H](N)C(=O)OCCOCCOCCOCCn1nnc2c1-c1ccccc1CN(C(=O)CCC(=O)NCCOCCOCCOCCOCCC(=O)NC)c1ccccc1-2. The molecule has 0 spiro atoms. The van der Waals surface area contributed by atoms with E-state index in [1.807, 2.05) is 53.2 Å². The maximum Gasteiger partial charge on any atom is 0.322 e. The number of ether oxygens (including phenoxy) is 8. The van der Waals surface area contributed by atoms with E-state index in [-0.39, 0.29) is 43.8 Å². The summed E-state index contributed by atoms with van der Waals surface area (Å²) in [4.78, 5) is 51.4. The minimum atomic E-state index is -0.590. The number of aromatic nitrogens is 3. The number of carbonyl (C=O) groups excluding carboxylic acids is 4. The number of nitrogens with two attached hydrogens (primary N) is 1. The number of nitrogens with zero attached hydrogens (tertiary/aromatic N) is 4. The van der Waals surface area contributed by atoms with Crippen molar-refractivity contribution in [1.82, 2.24) is 25.6 Å². The first kappa shape index (κ1) is 52.8. The van der Waals surface area contributed by atoms with Crippen LogP contribution in [0.2, 0.25) is 0 Å². The highest BCUT2D eigenvalue weighted by Crippen LogP contribution is 2.41. The highest BCUT2D eigenvalue weighted by molar-refractivity contribution is 6.01. The maximum absolute atomic E-state index is 13.9. The van der Waals surface area contributed by atoms with E-state index in [2.05, 4.69) is 27.9 Å². The van der Waals surface area contributed by atoms with Crippen LogP contribution in [0.15, 0.2) is 48.5 Å². The van der Waals surface area contributed by atoms with Gasteiger partial charge in [-0.2, -0.15) is 0 Å². The second-order valence-electron chi connectivity index (χ2n) is 15.0. The van der Waals surface area contributed by atoms with E-state index >= 15 is 0 Å². The van der Waals surface area contributed by atoms with Crippen LogP contribution in [0.3, 0.4) is 0 Å². The number of benzene rings is 2. The first-order chi connectivity index (χ1) is 31.8. The number of hydrogen-bond acceptors (Lipinski definition) is 15. The van der Waals surface area contributed by atoms with Gasteiger partial charge in [0.05, 0.1) is 117 Å². The topological polar surface area (TPSA) is 226 Å². The number of amides is 3. The molecule has 0 aliphatic carbocycles. The van der Waals surface area contributed by atoms with E-state index in [0.717, 1.165) is 41.6 Å². The van der Waals surface area contributed by atoms with Gasteiger partial charge in [-0.3, -0.25) is 19.2 Å². The Morgan fingerprint density at radius 2 is 1.26 bits per heavy atom. The summed E-state index contributed by atoms with van der Waals surface area (Å²) >= 11 is 0. The summed E-state index contributed by atoms with van der Waals surface area (Å²) < 4.78 is 45.8. The summed E-state index contributed by atoms with van der Waals surface area (Å²) in [7, 11) is 1.59. The normalized spacial score (nSPS) is 12.4. The van der Waals surface area contributed by atoms with Gasteiger partial charge in [0.2, 0.25) is 17.7 Å². The number of fused-ring (bicyclic) bond motifs is 5. The molecule has 65 heavy (non-hydrogen) atoms. The molecule has 0 radical (unpaired) electrons. The van der Waals surface area contributed by atoms with Crippen molar-refractivity contribution < 1.29 is 57.1 Å². The lowest BCUT2D eigenvalue weighted by Gasteiger charge is -2.28.